The topological polar surface area (TPSA) is 71.4 Å². The molecule has 0 radical (unpaired) electrons. The average molecular weight is 447 g/mol. The van der Waals surface area contributed by atoms with E-state index in [-0.39, 0.29) is 23.8 Å². The Morgan fingerprint density at radius 2 is 1.34 bits per heavy atom. The van der Waals surface area contributed by atoms with Crippen LogP contribution in [0.1, 0.15) is 45.5 Å². The van der Waals surface area contributed by atoms with Crippen molar-refractivity contribution in [2.75, 3.05) is 0 Å². The highest BCUT2D eigenvalue weighted by Gasteiger charge is 2.55. The number of rotatable bonds is 5. The third kappa shape index (κ3) is 4.16. The van der Waals surface area contributed by atoms with Crippen molar-refractivity contribution in [3.63, 3.8) is 0 Å². The third-order valence-electron chi connectivity index (χ3n) is 6.20. The minimum absolute atomic E-state index is 0.274. The van der Waals surface area contributed by atoms with E-state index in [1.54, 1.807) is 84.9 Å². The van der Waals surface area contributed by atoms with Crippen LogP contribution in [0.3, 0.4) is 0 Å². The lowest BCUT2D eigenvalue weighted by Gasteiger charge is -2.45. The molecule has 1 fully saturated rings. The zero-order chi connectivity index (χ0) is 22.9. The lowest BCUT2D eigenvalue weighted by molar-refractivity contribution is -0.134. The molecule has 4 atom stereocenters. The minimum Gasteiger partial charge on any atom is -0.389 e. The van der Waals surface area contributed by atoms with Crippen LogP contribution < -0.4 is 0 Å². The van der Waals surface area contributed by atoms with Crippen molar-refractivity contribution in [3.8, 4) is 0 Å². The van der Waals surface area contributed by atoms with Gasteiger partial charge in [-0.25, -0.2) is 0 Å². The van der Waals surface area contributed by atoms with E-state index in [0.29, 0.717) is 21.7 Å². The third-order valence-corrected chi connectivity index (χ3v) is 6.46. The summed E-state index contributed by atoms with van der Waals surface area (Å²) < 4.78 is 0. The Balaban J connectivity index is 1.89. The first-order valence-electron chi connectivity index (χ1n) is 10.5. The standard InChI is InChI=1S/C27H23ClO4/c1-27(32)16-21(29)23(25(30)18-8-4-2-5-9-18)22(17-12-14-20(28)15-13-17)24(27)26(31)19-10-6-3-7-11-19/h2-15,22-24,32H,16H2,1H3/t22-,23-,24-,27-/m0/s1. The summed E-state index contributed by atoms with van der Waals surface area (Å²) in [6.45, 7) is 1.50. The fourth-order valence-electron chi connectivity index (χ4n) is 4.74. The molecule has 0 amide bonds. The van der Waals surface area contributed by atoms with E-state index in [1.807, 2.05) is 0 Å². The van der Waals surface area contributed by atoms with Gasteiger partial charge in [0.2, 0.25) is 0 Å². The van der Waals surface area contributed by atoms with Crippen molar-refractivity contribution in [2.45, 2.75) is 24.9 Å². The molecular weight excluding hydrogens is 424 g/mol. The number of ketones is 3. The molecule has 1 aliphatic rings. The molecule has 4 nitrogen and oxygen atoms in total. The Labute approximate surface area is 191 Å². The van der Waals surface area contributed by atoms with E-state index in [9.17, 15) is 19.5 Å². The summed E-state index contributed by atoms with van der Waals surface area (Å²) in [7, 11) is 0. The number of benzene rings is 3. The van der Waals surface area contributed by atoms with Gasteiger partial charge in [0.05, 0.1) is 17.4 Å². The van der Waals surface area contributed by atoms with Crippen LogP contribution in [-0.4, -0.2) is 28.1 Å². The number of Topliss-reactive ketones (excluding diaryl/α,β-unsaturated/α-hetero) is 3. The molecule has 0 spiro atoms. The normalized spacial score (nSPS) is 25.3. The monoisotopic (exact) mass is 446 g/mol. The van der Waals surface area contributed by atoms with Crippen molar-refractivity contribution in [2.24, 2.45) is 11.8 Å². The molecule has 0 unspecified atom stereocenters. The van der Waals surface area contributed by atoms with Crippen LogP contribution in [-0.2, 0) is 4.79 Å². The summed E-state index contributed by atoms with van der Waals surface area (Å²) in [6, 6.07) is 24.0. The minimum atomic E-state index is -1.61. The number of halogens is 1. The van der Waals surface area contributed by atoms with Gasteiger partial charge in [-0.15, -0.1) is 0 Å². The summed E-state index contributed by atoms with van der Waals surface area (Å²) in [5.74, 6) is -3.92. The largest absolute Gasteiger partial charge is 0.389 e. The van der Waals surface area contributed by atoms with Crippen molar-refractivity contribution in [1.29, 1.82) is 0 Å². The second-order valence-corrected chi connectivity index (χ2v) is 8.93. The molecule has 1 saturated carbocycles. The first kappa shape index (κ1) is 22.1. The first-order valence-corrected chi connectivity index (χ1v) is 10.9. The van der Waals surface area contributed by atoms with Crippen LogP contribution in [0.15, 0.2) is 84.9 Å². The van der Waals surface area contributed by atoms with E-state index in [4.69, 9.17) is 11.6 Å². The molecule has 32 heavy (non-hydrogen) atoms. The van der Waals surface area contributed by atoms with E-state index in [0.717, 1.165) is 0 Å². The maximum atomic E-state index is 13.7. The van der Waals surface area contributed by atoms with E-state index < -0.39 is 23.4 Å². The van der Waals surface area contributed by atoms with Gasteiger partial charge in [0.15, 0.2) is 11.6 Å². The van der Waals surface area contributed by atoms with Crippen molar-refractivity contribution in [1.82, 2.24) is 0 Å². The van der Waals surface area contributed by atoms with Gasteiger partial charge in [-0.1, -0.05) is 84.4 Å². The van der Waals surface area contributed by atoms with Gasteiger partial charge >= 0.3 is 0 Å². The lowest BCUT2D eigenvalue weighted by atomic mass is 9.58. The van der Waals surface area contributed by atoms with Crippen LogP contribution in [0.2, 0.25) is 5.02 Å². The molecule has 0 heterocycles. The molecule has 3 aromatic rings. The SMILES string of the molecule is C[C@]1(O)CC(=O)[C@H](C(=O)c2ccccc2)[C@H](c2ccc(Cl)cc2)[C@H]1C(=O)c1ccccc1. The molecule has 1 N–H and O–H groups in total. The van der Waals surface area contributed by atoms with Crippen molar-refractivity contribution in [3.05, 3.63) is 107 Å². The molecule has 5 heteroatoms. The smallest absolute Gasteiger partial charge is 0.173 e. The van der Waals surface area contributed by atoms with Gasteiger partial charge in [0, 0.05) is 28.5 Å². The van der Waals surface area contributed by atoms with Crippen LogP contribution in [0.25, 0.3) is 0 Å². The van der Waals surface area contributed by atoms with Gasteiger partial charge < -0.3 is 5.11 Å². The second-order valence-electron chi connectivity index (χ2n) is 8.49. The highest BCUT2D eigenvalue weighted by Crippen LogP contribution is 2.48. The molecule has 1 aliphatic carbocycles. The number of aliphatic hydroxyl groups is 1. The Kier molecular flexibility index (Phi) is 6.09. The van der Waals surface area contributed by atoms with Gasteiger partial charge in [0.1, 0.15) is 5.78 Å². The molecule has 0 bridgehead atoms. The second kappa shape index (κ2) is 8.81. The predicted molar refractivity (Wildman–Crippen MR) is 123 cm³/mol. The molecule has 0 aliphatic heterocycles. The number of carbonyl (C=O) groups is 3. The fraction of sp³-hybridized carbons (Fsp3) is 0.222. The maximum absolute atomic E-state index is 13.7. The van der Waals surface area contributed by atoms with Crippen molar-refractivity contribution < 1.29 is 19.5 Å². The van der Waals surface area contributed by atoms with Crippen LogP contribution in [0, 0.1) is 11.8 Å². The highest BCUT2D eigenvalue weighted by atomic mass is 35.5. The molecule has 0 aromatic heterocycles. The molecule has 0 saturated heterocycles. The Morgan fingerprint density at radius 1 is 0.844 bits per heavy atom. The summed E-state index contributed by atoms with van der Waals surface area (Å²) in [5, 5.41) is 11.8. The molecule has 162 valence electrons. The summed E-state index contributed by atoms with van der Waals surface area (Å²) in [6.07, 6.45) is -0.274. The average Bonchev–Trinajstić information content (AvgIpc) is 2.79. The summed E-state index contributed by atoms with van der Waals surface area (Å²) >= 11 is 6.07. The highest BCUT2D eigenvalue weighted by molar-refractivity contribution is 6.30. The maximum Gasteiger partial charge on any atom is 0.173 e. The van der Waals surface area contributed by atoms with E-state index in [2.05, 4.69) is 0 Å². The predicted octanol–water partition coefficient (Wildman–Crippen LogP) is 5.15. The molecule has 4 rings (SSSR count). The number of carbonyl (C=O) groups excluding carboxylic acids is 3. The van der Waals surface area contributed by atoms with Gasteiger partial charge in [-0.3, -0.25) is 14.4 Å². The van der Waals surface area contributed by atoms with Crippen LogP contribution >= 0.6 is 11.6 Å². The number of hydrogen-bond donors (Lipinski definition) is 1. The fourth-order valence-corrected chi connectivity index (χ4v) is 4.87. The summed E-state index contributed by atoms with van der Waals surface area (Å²) in [5.41, 5.74) is -0.164. The summed E-state index contributed by atoms with van der Waals surface area (Å²) in [4.78, 5) is 40.5. The van der Waals surface area contributed by atoms with Crippen LogP contribution in [0.5, 0.6) is 0 Å². The van der Waals surface area contributed by atoms with E-state index >= 15 is 0 Å². The van der Waals surface area contributed by atoms with Gasteiger partial charge in [-0.2, -0.15) is 0 Å². The quantitative estimate of drug-likeness (QED) is 0.435. The Hall–Kier alpha value is -3.08. The number of hydrogen-bond acceptors (Lipinski definition) is 4. The zero-order valence-electron chi connectivity index (χ0n) is 17.6. The van der Waals surface area contributed by atoms with Gasteiger partial charge in [-0.05, 0) is 24.6 Å². The van der Waals surface area contributed by atoms with Gasteiger partial charge in [0.25, 0.3) is 0 Å². The zero-order valence-corrected chi connectivity index (χ0v) is 18.3. The Bertz CT molecular complexity index is 1140. The molecular formula is C27H23ClO4. The van der Waals surface area contributed by atoms with Crippen molar-refractivity contribution >= 4 is 29.0 Å². The Morgan fingerprint density at radius 3 is 1.88 bits per heavy atom. The van der Waals surface area contributed by atoms with Crippen LogP contribution in [0.4, 0.5) is 0 Å². The molecule has 3 aromatic carbocycles. The van der Waals surface area contributed by atoms with E-state index in [1.165, 1.54) is 6.92 Å². The first-order chi connectivity index (χ1) is 15.3. The lowest BCUT2D eigenvalue weighted by Crippen LogP contribution is -2.54.